The smallest absolute Gasteiger partial charge is 0.407 e. The number of aryl methyl sites for hydroxylation is 1. The minimum absolute atomic E-state index is 0.0139. The maximum atomic E-state index is 15.4. The summed E-state index contributed by atoms with van der Waals surface area (Å²) in [6.07, 6.45) is 3.85. The first-order valence-electron chi connectivity index (χ1n) is 13.4. The summed E-state index contributed by atoms with van der Waals surface area (Å²) in [6.45, 7) is 6.17. The third kappa shape index (κ3) is 4.19. The van der Waals surface area contributed by atoms with E-state index < -0.39 is 18.1 Å². The van der Waals surface area contributed by atoms with Gasteiger partial charge in [0.25, 0.3) is 5.92 Å². The Hall–Kier alpha value is -3.75. The van der Waals surface area contributed by atoms with Crippen molar-refractivity contribution in [2.45, 2.75) is 58.0 Å². The molecule has 6 rings (SSSR count). The number of methoxy groups -OCH3 is 1. The van der Waals surface area contributed by atoms with Crippen molar-refractivity contribution in [1.29, 1.82) is 0 Å². The number of H-pyrrole nitrogens is 1. The molecule has 3 aromatic rings. The summed E-state index contributed by atoms with van der Waals surface area (Å²) < 4.78 is 35.6. The van der Waals surface area contributed by atoms with Crippen molar-refractivity contribution in [2.24, 2.45) is 11.3 Å². The highest BCUT2D eigenvalue weighted by atomic mass is 19.3. The average Bonchev–Trinajstić information content (AvgIpc) is 3.23. The molecule has 1 unspecified atom stereocenters. The fourth-order valence-corrected chi connectivity index (χ4v) is 6.11. The Labute approximate surface area is 226 Å². The maximum Gasteiger partial charge on any atom is 0.407 e. The minimum Gasteiger partial charge on any atom is -0.453 e. The number of aromatic amines is 1. The van der Waals surface area contributed by atoms with Gasteiger partial charge in [-0.05, 0) is 60.8 Å². The number of rotatable bonds is 5. The molecule has 2 amide bonds. The van der Waals surface area contributed by atoms with Gasteiger partial charge in [-0.2, -0.15) is 8.78 Å². The number of amides is 2. The van der Waals surface area contributed by atoms with Crippen molar-refractivity contribution in [3.63, 3.8) is 0 Å². The lowest BCUT2D eigenvalue weighted by molar-refractivity contribution is -0.135. The molecule has 2 aliphatic carbocycles. The van der Waals surface area contributed by atoms with E-state index in [0.717, 1.165) is 24.8 Å². The SMILES string of the molecule is COC(=O)NC(C(=O)N1CC2(CC2)C[C@H]1c1ncc(-c2ccc3c(c2)C(F)(F)c2cc(C)ccc2-3)[nH]1)C(C)C. The largest absolute Gasteiger partial charge is 0.453 e. The van der Waals surface area contributed by atoms with E-state index in [-0.39, 0.29) is 34.4 Å². The van der Waals surface area contributed by atoms with Gasteiger partial charge < -0.3 is 19.9 Å². The third-order valence-electron chi connectivity index (χ3n) is 8.52. The van der Waals surface area contributed by atoms with Crippen LogP contribution in [0.5, 0.6) is 0 Å². The molecule has 1 spiro atoms. The minimum atomic E-state index is -3.08. The van der Waals surface area contributed by atoms with Gasteiger partial charge in [-0.1, -0.05) is 43.7 Å². The zero-order valence-electron chi connectivity index (χ0n) is 22.5. The van der Waals surface area contributed by atoms with Crippen molar-refractivity contribution in [2.75, 3.05) is 13.7 Å². The van der Waals surface area contributed by atoms with Crippen molar-refractivity contribution < 1.29 is 23.1 Å². The average molecular weight is 535 g/mol. The Morgan fingerprint density at radius 3 is 2.49 bits per heavy atom. The van der Waals surface area contributed by atoms with Crippen LogP contribution < -0.4 is 5.32 Å². The Bertz CT molecular complexity index is 1480. The van der Waals surface area contributed by atoms with Crippen LogP contribution in [0.3, 0.4) is 0 Å². The van der Waals surface area contributed by atoms with E-state index in [1.54, 1.807) is 24.4 Å². The van der Waals surface area contributed by atoms with E-state index in [1.165, 1.54) is 13.2 Å². The lowest BCUT2D eigenvalue weighted by atomic mass is 10.0. The van der Waals surface area contributed by atoms with Gasteiger partial charge in [0.2, 0.25) is 5.91 Å². The van der Waals surface area contributed by atoms with E-state index in [9.17, 15) is 9.59 Å². The first kappa shape index (κ1) is 25.5. The lowest BCUT2D eigenvalue weighted by Crippen LogP contribution is -2.51. The molecule has 0 bridgehead atoms. The van der Waals surface area contributed by atoms with E-state index in [0.29, 0.717) is 34.8 Å². The Morgan fingerprint density at radius 2 is 1.82 bits per heavy atom. The van der Waals surface area contributed by atoms with Crippen LogP contribution in [0.25, 0.3) is 22.4 Å². The van der Waals surface area contributed by atoms with Gasteiger partial charge in [0, 0.05) is 23.2 Å². The second-order valence-electron chi connectivity index (χ2n) is 11.6. The number of carbonyl (C=O) groups is 2. The molecular weight excluding hydrogens is 502 g/mol. The topological polar surface area (TPSA) is 87.3 Å². The molecule has 39 heavy (non-hydrogen) atoms. The van der Waals surface area contributed by atoms with Crippen LogP contribution in [0.2, 0.25) is 0 Å². The van der Waals surface area contributed by atoms with Crippen molar-refractivity contribution >= 4 is 12.0 Å². The number of likely N-dealkylation sites (tertiary alicyclic amines) is 1. The predicted octanol–water partition coefficient (Wildman–Crippen LogP) is 5.94. The molecule has 2 N–H and O–H groups in total. The van der Waals surface area contributed by atoms with Crippen molar-refractivity contribution in [1.82, 2.24) is 20.2 Å². The third-order valence-corrected chi connectivity index (χ3v) is 8.52. The van der Waals surface area contributed by atoms with E-state index in [4.69, 9.17) is 4.74 Å². The zero-order valence-corrected chi connectivity index (χ0v) is 22.5. The number of halogens is 2. The van der Waals surface area contributed by atoms with E-state index >= 15 is 8.78 Å². The van der Waals surface area contributed by atoms with E-state index in [2.05, 4.69) is 15.3 Å². The number of fused-ring (bicyclic) bond motifs is 3. The normalized spacial score (nSPS) is 20.6. The van der Waals surface area contributed by atoms with Gasteiger partial charge in [0.05, 0.1) is 25.0 Å². The Morgan fingerprint density at radius 1 is 1.13 bits per heavy atom. The number of benzene rings is 2. The molecule has 9 heteroatoms. The quantitative estimate of drug-likeness (QED) is 0.424. The number of hydrogen-bond acceptors (Lipinski definition) is 4. The number of alkyl halides is 2. The first-order valence-corrected chi connectivity index (χ1v) is 13.4. The summed E-state index contributed by atoms with van der Waals surface area (Å²) in [7, 11) is 1.27. The molecule has 2 fully saturated rings. The standard InChI is InChI=1S/C30H32F2N4O3/c1-16(2)25(35-28(38)39-4)27(37)36-15-29(9-10-29)13-24(36)26-33-14-23(34-26)18-6-8-20-19-7-5-17(3)11-21(19)30(31,32)22(20)12-18/h5-8,11-12,14,16,24-25H,9-10,13,15H2,1-4H3,(H,33,34)(H,35,38)/t24-,25?/m0/s1. The molecule has 3 aliphatic rings. The number of imidazole rings is 1. The molecule has 2 heterocycles. The van der Waals surface area contributed by atoms with Crippen LogP contribution in [-0.4, -0.2) is 46.6 Å². The van der Waals surface area contributed by atoms with Crippen LogP contribution >= 0.6 is 0 Å². The second-order valence-corrected chi connectivity index (χ2v) is 11.6. The number of hydrogen-bond donors (Lipinski definition) is 2. The lowest BCUT2D eigenvalue weighted by Gasteiger charge is -2.30. The van der Waals surface area contributed by atoms with Crippen LogP contribution in [0.15, 0.2) is 42.6 Å². The summed E-state index contributed by atoms with van der Waals surface area (Å²) in [5, 5.41) is 2.68. The predicted molar refractivity (Wildman–Crippen MR) is 142 cm³/mol. The zero-order chi connectivity index (χ0) is 27.7. The highest BCUT2D eigenvalue weighted by Gasteiger charge is 2.55. The van der Waals surface area contributed by atoms with Crippen LogP contribution in [0.4, 0.5) is 13.6 Å². The number of aromatic nitrogens is 2. The number of carbonyl (C=O) groups excluding carboxylic acids is 2. The Balaban J connectivity index is 1.30. The van der Waals surface area contributed by atoms with Gasteiger partial charge in [0.1, 0.15) is 11.9 Å². The van der Waals surface area contributed by atoms with Gasteiger partial charge in [-0.15, -0.1) is 0 Å². The number of nitrogens with zero attached hydrogens (tertiary/aromatic N) is 2. The van der Waals surface area contributed by atoms with Crippen molar-refractivity contribution in [3.05, 3.63) is 65.1 Å². The molecule has 204 valence electrons. The molecule has 0 radical (unpaired) electrons. The van der Waals surface area contributed by atoms with Gasteiger partial charge in [-0.3, -0.25) is 4.79 Å². The maximum absolute atomic E-state index is 15.4. The first-order chi connectivity index (χ1) is 18.5. The molecular formula is C30H32F2N4O3. The highest BCUT2D eigenvalue weighted by Crippen LogP contribution is 2.58. The molecule has 2 atom stereocenters. The number of alkyl carbamates (subject to hydrolysis) is 1. The van der Waals surface area contributed by atoms with Crippen LogP contribution in [0, 0.1) is 18.3 Å². The molecule has 1 saturated carbocycles. The highest BCUT2D eigenvalue weighted by molar-refractivity contribution is 5.87. The molecule has 7 nitrogen and oxygen atoms in total. The van der Waals surface area contributed by atoms with Crippen LogP contribution in [0.1, 0.15) is 61.7 Å². The molecule has 1 aromatic heterocycles. The van der Waals surface area contributed by atoms with Crippen LogP contribution in [-0.2, 0) is 15.5 Å². The Kier molecular flexibility index (Phi) is 5.82. The fraction of sp³-hybridized carbons (Fsp3) is 0.433. The van der Waals surface area contributed by atoms with Gasteiger partial charge >= 0.3 is 6.09 Å². The summed E-state index contributed by atoms with van der Waals surface area (Å²) in [6, 6.07) is 9.26. The summed E-state index contributed by atoms with van der Waals surface area (Å²) in [5.74, 6) is -2.77. The number of ether oxygens (including phenoxy) is 1. The summed E-state index contributed by atoms with van der Waals surface area (Å²) in [4.78, 5) is 35.4. The fourth-order valence-electron chi connectivity index (χ4n) is 6.11. The van der Waals surface area contributed by atoms with Gasteiger partial charge in [0.15, 0.2) is 0 Å². The molecule has 1 aliphatic heterocycles. The summed E-state index contributed by atoms with van der Waals surface area (Å²) in [5.41, 5.74) is 3.22. The number of nitrogens with one attached hydrogen (secondary N) is 2. The van der Waals surface area contributed by atoms with E-state index in [1.807, 2.05) is 37.8 Å². The second kappa shape index (κ2) is 8.89. The van der Waals surface area contributed by atoms with Gasteiger partial charge in [-0.25, -0.2) is 9.78 Å². The molecule has 1 saturated heterocycles. The monoisotopic (exact) mass is 534 g/mol. The summed E-state index contributed by atoms with van der Waals surface area (Å²) >= 11 is 0. The van der Waals surface area contributed by atoms with Crippen molar-refractivity contribution in [3.8, 4) is 22.4 Å². The molecule has 2 aromatic carbocycles.